The fourth-order valence-electron chi connectivity index (χ4n) is 3.18. The van der Waals surface area contributed by atoms with E-state index >= 15 is 0 Å². The number of nitrogens with zero attached hydrogens (tertiary/aromatic N) is 3. The summed E-state index contributed by atoms with van der Waals surface area (Å²) in [4.78, 5) is 0. The summed E-state index contributed by atoms with van der Waals surface area (Å²) < 4.78 is 8.06. The summed E-state index contributed by atoms with van der Waals surface area (Å²) in [6.07, 6.45) is 10.2. The number of pyridine rings is 1. The second-order valence-corrected chi connectivity index (χ2v) is 6.46. The second-order valence-electron chi connectivity index (χ2n) is 6.46. The van der Waals surface area contributed by atoms with Gasteiger partial charge in [-0.1, -0.05) is 38.8 Å². The van der Waals surface area contributed by atoms with Gasteiger partial charge in [0.05, 0.1) is 6.61 Å². The fourth-order valence-corrected chi connectivity index (χ4v) is 3.18. The van der Waals surface area contributed by atoms with Crippen LogP contribution in [0.3, 0.4) is 0 Å². The van der Waals surface area contributed by atoms with E-state index < -0.39 is 0 Å². The number of ether oxygens (including phenoxy) is 1. The molecule has 0 aromatic carbocycles. The van der Waals surface area contributed by atoms with E-state index in [1.807, 2.05) is 29.8 Å². The summed E-state index contributed by atoms with van der Waals surface area (Å²) >= 11 is 0. The predicted octanol–water partition coefficient (Wildman–Crippen LogP) is 3.76. The molecular weight excluding hydrogens is 276 g/mol. The number of aromatic nitrogens is 3. The fraction of sp³-hybridized carbons (Fsp3) is 0.529. The highest BCUT2D eigenvalue weighted by Crippen LogP contribution is 2.36. The average Bonchev–Trinajstić information content (AvgIpc) is 2.94. The summed E-state index contributed by atoms with van der Waals surface area (Å²) in [6.45, 7) is 6.97. The number of nitrogens with one attached hydrogen (secondary N) is 1. The third kappa shape index (κ3) is 2.80. The molecular formula is C17H24N4O. The summed E-state index contributed by atoms with van der Waals surface area (Å²) in [5.74, 6) is 1.55. The lowest BCUT2D eigenvalue weighted by Crippen LogP contribution is -2.27. The zero-order valence-corrected chi connectivity index (χ0v) is 13.4. The summed E-state index contributed by atoms with van der Waals surface area (Å²) in [5.41, 5.74) is 2.02. The molecule has 0 unspecified atom stereocenters. The van der Waals surface area contributed by atoms with Crippen molar-refractivity contribution in [2.45, 2.75) is 39.0 Å². The molecule has 22 heavy (non-hydrogen) atoms. The third-order valence-electron chi connectivity index (χ3n) is 4.62. The number of hydrogen-bond donors (Lipinski definition) is 1. The van der Waals surface area contributed by atoms with E-state index in [1.54, 1.807) is 0 Å². The molecule has 3 rings (SSSR count). The molecule has 2 heterocycles. The van der Waals surface area contributed by atoms with Crippen molar-refractivity contribution in [2.24, 2.45) is 5.41 Å². The summed E-state index contributed by atoms with van der Waals surface area (Å²) in [5, 5.41) is 11.3. The SMILES string of the molecule is C=Cc1cn2c(NC)nnc2cc1OCC1(C)CCCCC1. The highest BCUT2D eigenvalue weighted by atomic mass is 16.5. The van der Waals surface area contributed by atoms with E-state index in [-0.39, 0.29) is 5.41 Å². The Kier molecular flexibility index (Phi) is 4.05. The Hall–Kier alpha value is -2.04. The van der Waals surface area contributed by atoms with Crippen LogP contribution in [-0.2, 0) is 0 Å². The van der Waals surface area contributed by atoms with Crippen LogP contribution >= 0.6 is 0 Å². The normalized spacial score (nSPS) is 17.4. The van der Waals surface area contributed by atoms with Gasteiger partial charge in [-0.2, -0.15) is 0 Å². The van der Waals surface area contributed by atoms with E-state index in [9.17, 15) is 0 Å². The minimum atomic E-state index is 0.284. The van der Waals surface area contributed by atoms with Gasteiger partial charge in [-0.3, -0.25) is 4.40 Å². The lowest BCUT2D eigenvalue weighted by molar-refractivity contribution is 0.116. The maximum Gasteiger partial charge on any atom is 0.228 e. The van der Waals surface area contributed by atoms with Gasteiger partial charge in [0, 0.05) is 30.3 Å². The lowest BCUT2D eigenvalue weighted by atomic mass is 9.76. The van der Waals surface area contributed by atoms with Gasteiger partial charge in [-0.15, -0.1) is 10.2 Å². The quantitative estimate of drug-likeness (QED) is 0.913. The Morgan fingerprint density at radius 2 is 2.14 bits per heavy atom. The van der Waals surface area contributed by atoms with Crippen molar-refractivity contribution in [1.82, 2.24) is 14.6 Å². The van der Waals surface area contributed by atoms with E-state index in [1.165, 1.54) is 32.1 Å². The molecule has 1 saturated carbocycles. The van der Waals surface area contributed by atoms with Crippen LogP contribution in [0.4, 0.5) is 5.95 Å². The number of hydrogen-bond acceptors (Lipinski definition) is 4. The summed E-state index contributed by atoms with van der Waals surface area (Å²) in [6, 6.07) is 1.94. The first kappa shape index (κ1) is 14.9. The second kappa shape index (κ2) is 5.99. The zero-order valence-electron chi connectivity index (χ0n) is 13.4. The zero-order chi connectivity index (χ0) is 15.6. The van der Waals surface area contributed by atoms with Crippen LogP contribution in [0.15, 0.2) is 18.8 Å². The van der Waals surface area contributed by atoms with Crippen molar-refractivity contribution in [3.05, 3.63) is 24.4 Å². The van der Waals surface area contributed by atoms with Crippen molar-refractivity contribution < 1.29 is 4.74 Å². The van der Waals surface area contributed by atoms with Gasteiger partial charge in [0.25, 0.3) is 0 Å². The topological polar surface area (TPSA) is 51.5 Å². The Morgan fingerprint density at radius 1 is 1.36 bits per heavy atom. The Morgan fingerprint density at radius 3 is 2.82 bits per heavy atom. The van der Waals surface area contributed by atoms with Crippen molar-refractivity contribution in [2.75, 3.05) is 19.0 Å². The van der Waals surface area contributed by atoms with E-state index in [4.69, 9.17) is 4.74 Å². The molecule has 5 heteroatoms. The first-order chi connectivity index (χ1) is 10.6. The van der Waals surface area contributed by atoms with Crippen LogP contribution in [0.2, 0.25) is 0 Å². The lowest BCUT2D eigenvalue weighted by Gasteiger charge is -2.33. The van der Waals surface area contributed by atoms with Crippen LogP contribution in [0.25, 0.3) is 11.7 Å². The van der Waals surface area contributed by atoms with E-state index in [0.717, 1.165) is 23.6 Å². The number of fused-ring (bicyclic) bond motifs is 1. The molecule has 1 fully saturated rings. The maximum atomic E-state index is 6.15. The molecule has 2 aromatic rings. The average molecular weight is 300 g/mol. The van der Waals surface area contributed by atoms with Gasteiger partial charge in [-0.25, -0.2) is 0 Å². The van der Waals surface area contributed by atoms with Crippen molar-refractivity contribution in [1.29, 1.82) is 0 Å². The van der Waals surface area contributed by atoms with Gasteiger partial charge in [-0.05, 0) is 12.8 Å². The molecule has 5 nitrogen and oxygen atoms in total. The highest BCUT2D eigenvalue weighted by Gasteiger charge is 2.28. The van der Waals surface area contributed by atoms with Crippen LogP contribution in [-0.4, -0.2) is 28.3 Å². The molecule has 0 atom stereocenters. The van der Waals surface area contributed by atoms with Gasteiger partial charge >= 0.3 is 0 Å². The van der Waals surface area contributed by atoms with Crippen LogP contribution < -0.4 is 10.1 Å². The molecule has 1 aliphatic rings. The first-order valence-electron chi connectivity index (χ1n) is 7.97. The molecule has 0 saturated heterocycles. The van der Waals surface area contributed by atoms with Crippen LogP contribution in [0, 0.1) is 5.41 Å². The van der Waals surface area contributed by atoms with Gasteiger partial charge < -0.3 is 10.1 Å². The Bertz CT molecular complexity index is 671. The smallest absolute Gasteiger partial charge is 0.228 e. The Labute approximate surface area is 131 Å². The van der Waals surface area contributed by atoms with Crippen LogP contribution in [0.5, 0.6) is 5.75 Å². The summed E-state index contributed by atoms with van der Waals surface area (Å²) in [7, 11) is 1.83. The largest absolute Gasteiger partial charge is 0.492 e. The van der Waals surface area contributed by atoms with Gasteiger partial charge in [0.1, 0.15) is 5.75 Å². The first-order valence-corrected chi connectivity index (χ1v) is 7.97. The van der Waals surface area contributed by atoms with Crippen molar-refractivity contribution >= 4 is 17.7 Å². The number of rotatable bonds is 5. The van der Waals surface area contributed by atoms with E-state index in [0.29, 0.717) is 5.95 Å². The Balaban J connectivity index is 1.84. The highest BCUT2D eigenvalue weighted by molar-refractivity contribution is 5.61. The molecule has 0 bridgehead atoms. The molecule has 2 aromatic heterocycles. The van der Waals surface area contributed by atoms with Crippen LogP contribution in [0.1, 0.15) is 44.6 Å². The van der Waals surface area contributed by atoms with Crippen molar-refractivity contribution in [3.63, 3.8) is 0 Å². The standard InChI is InChI=1S/C17H24N4O/c1-4-13-11-21-15(19-20-16(21)18-3)10-14(13)22-12-17(2)8-6-5-7-9-17/h4,10-11H,1,5-9,12H2,2-3H3,(H,18,20). The minimum Gasteiger partial charge on any atom is -0.492 e. The molecule has 0 amide bonds. The monoisotopic (exact) mass is 300 g/mol. The molecule has 1 aliphatic carbocycles. The molecule has 0 spiro atoms. The molecule has 1 N–H and O–H groups in total. The minimum absolute atomic E-state index is 0.284. The van der Waals surface area contributed by atoms with Gasteiger partial charge in [0.15, 0.2) is 5.65 Å². The van der Waals surface area contributed by atoms with Gasteiger partial charge in [0.2, 0.25) is 5.95 Å². The third-order valence-corrected chi connectivity index (χ3v) is 4.62. The maximum absolute atomic E-state index is 6.15. The van der Waals surface area contributed by atoms with Crippen molar-refractivity contribution in [3.8, 4) is 5.75 Å². The molecule has 0 aliphatic heterocycles. The molecule has 118 valence electrons. The predicted molar refractivity (Wildman–Crippen MR) is 89.3 cm³/mol. The molecule has 0 radical (unpaired) electrons. The van der Waals surface area contributed by atoms with E-state index in [2.05, 4.69) is 29.0 Å². The number of anilines is 1.